The smallest absolute Gasteiger partial charge is 0.253 e. The second-order valence-corrected chi connectivity index (χ2v) is 9.58. The first-order valence-electron chi connectivity index (χ1n) is 5.63. The summed E-state index contributed by atoms with van der Waals surface area (Å²) in [4.78, 5) is 0. The zero-order valence-electron chi connectivity index (χ0n) is 10.5. The number of morpholine rings is 1. The average molecular weight is 354 g/mol. The molecule has 2 heterocycles. The normalized spacial score (nSPS) is 25.2. The monoisotopic (exact) mass is 353 g/mol. The van der Waals surface area contributed by atoms with E-state index in [1.54, 1.807) is 16.4 Å². The van der Waals surface area contributed by atoms with Gasteiger partial charge in [0.15, 0.2) is 0 Å². The van der Waals surface area contributed by atoms with E-state index in [0.717, 1.165) is 3.79 Å². The third-order valence-electron chi connectivity index (χ3n) is 2.91. The van der Waals surface area contributed by atoms with Gasteiger partial charge < -0.3 is 4.74 Å². The predicted molar refractivity (Wildman–Crippen MR) is 75.4 cm³/mol. The molecule has 1 atom stereocenters. The van der Waals surface area contributed by atoms with E-state index in [0.29, 0.717) is 17.4 Å². The highest BCUT2D eigenvalue weighted by Gasteiger charge is 2.42. The van der Waals surface area contributed by atoms with E-state index in [-0.39, 0.29) is 6.10 Å². The van der Waals surface area contributed by atoms with Crippen molar-refractivity contribution in [1.29, 1.82) is 0 Å². The highest BCUT2D eigenvalue weighted by molar-refractivity contribution is 9.11. The van der Waals surface area contributed by atoms with E-state index in [2.05, 4.69) is 15.9 Å². The number of thiophene rings is 1. The summed E-state index contributed by atoms with van der Waals surface area (Å²) in [5.41, 5.74) is -0.512. The summed E-state index contributed by atoms with van der Waals surface area (Å²) in [5.74, 6) is 0. The van der Waals surface area contributed by atoms with Gasteiger partial charge in [0.25, 0.3) is 10.0 Å². The number of ether oxygens (including phenoxy) is 1. The maximum atomic E-state index is 12.6. The fourth-order valence-electron chi connectivity index (χ4n) is 1.92. The van der Waals surface area contributed by atoms with Crippen LogP contribution in [0.25, 0.3) is 0 Å². The van der Waals surface area contributed by atoms with Gasteiger partial charge in [0.1, 0.15) is 4.21 Å². The Bertz CT molecular complexity index is 538. The van der Waals surface area contributed by atoms with Gasteiger partial charge in [-0.25, -0.2) is 8.42 Å². The predicted octanol–water partition coefficient (Wildman–Crippen LogP) is 2.70. The Labute approximate surface area is 120 Å². The number of rotatable bonds is 2. The van der Waals surface area contributed by atoms with Crippen LogP contribution in [-0.2, 0) is 14.8 Å². The van der Waals surface area contributed by atoms with E-state index in [4.69, 9.17) is 4.74 Å². The summed E-state index contributed by atoms with van der Waals surface area (Å²) >= 11 is 4.54. The summed E-state index contributed by atoms with van der Waals surface area (Å²) in [5, 5.41) is 0. The van der Waals surface area contributed by atoms with Crippen molar-refractivity contribution in [3.63, 3.8) is 0 Å². The zero-order valence-corrected chi connectivity index (χ0v) is 13.7. The number of nitrogens with zero attached hydrogens (tertiary/aromatic N) is 1. The van der Waals surface area contributed by atoms with Crippen molar-refractivity contribution in [2.24, 2.45) is 0 Å². The molecule has 102 valence electrons. The van der Waals surface area contributed by atoms with Crippen molar-refractivity contribution in [3.8, 4) is 0 Å². The lowest BCUT2D eigenvalue weighted by Crippen LogP contribution is -2.57. The van der Waals surface area contributed by atoms with E-state index >= 15 is 0 Å². The molecule has 0 aromatic carbocycles. The molecule has 2 rings (SSSR count). The van der Waals surface area contributed by atoms with Crippen LogP contribution in [0.4, 0.5) is 0 Å². The standard InChI is InChI=1S/C11H16BrNO3S2/c1-8-6-13(11(2,3)7-16-8)18(14,15)10-5-4-9(12)17-10/h4-5,8H,6-7H2,1-3H3. The Morgan fingerprint density at radius 1 is 1.50 bits per heavy atom. The van der Waals surface area contributed by atoms with Crippen LogP contribution in [-0.4, -0.2) is 37.5 Å². The molecule has 1 aliphatic rings. The van der Waals surface area contributed by atoms with Crippen LogP contribution >= 0.6 is 27.3 Å². The zero-order chi connectivity index (χ0) is 13.6. The summed E-state index contributed by atoms with van der Waals surface area (Å²) in [7, 11) is -3.44. The minimum Gasteiger partial charge on any atom is -0.375 e. The van der Waals surface area contributed by atoms with Crippen molar-refractivity contribution in [2.45, 2.75) is 36.6 Å². The van der Waals surface area contributed by atoms with Crippen LogP contribution in [0.3, 0.4) is 0 Å². The largest absolute Gasteiger partial charge is 0.375 e. The van der Waals surface area contributed by atoms with Crippen LogP contribution in [0, 0.1) is 0 Å². The van der Waals surface area contributed by atoms with Gasteiger partial charge in [-0.15, -0.1) is 11.3 Å². The molecular weight excluding hydrogens is 338 g/mol. The Morgan fingerprint density at radius 2 is 2.17 bits per heavy atom. The van der Waals surface area contributed by atoms with Gasteiger partial charge in [-0.3, -0.25) is 0 Å². The summed E-state index contributed by atoms with van der Waals surface area (Å²) in [6.45, 7) is 6.48. The van der Waals surface area contributed by atoms with Gasteiger partial charge in [-0.2, -0.15) is 4.31 Å². The third-order valence-corrected chi connectivity index (χ3v) is 7.08. The van der Waals surface area contributed by atoms with E-state index < -0.39 is 15.6 Å². The fourth-order valence-corrected chi connectivity index (χ4v) is 5.89. The molecule has 0 amide bonds. The second-order valence-electron chi connectivity index (χ2n) is 5.03. The van der Waals surface area contributed by atoms with Gasteiger partial charge in [0.05, 0.1) is 22.0 Å². The van der Waals surface area contributed by atoms with Crippen molar-refractivity contribution in [2.75, 3.05) is 13.2 Å². The Morgan fingerprint density at radius 3 is 2.72 bits per heavy atom. The van der Waals surface area contributed by atoms with Gasteiger partial charge in [0.2, 0.25) is 0 Å². The molecule has 18 heavy (non-hydrogen) atoms. The minimum absolute atomic E-state index is 0.0730. The van der Waals surface area contributed by atoms with Crippen LogP contribution < -0.4 is 0 Å². The summed E-state index contributed by atoms with van der Waals surface area (Å²) < 4.78 is 33.5. The molecule has 4 nitrogen and oxygen atoms in total. The molecule has 0 N–H and O–H groups in total. The van der Waals surface area contributed by atoms with E-state index in [9.17, 15) is 8.42 Å². The van der Waals surface area contributed by atoms with Gasteiger partial charge in [-0.05, 0) is 48.8 Å². The Hall–Kier alpha value is 0.0500. The van der Waals surface area contributed by atoms with Crippen molar-refractivity contribution in [1.82, 2.24) is 4.31 Å². The van der Waals surface area contributed by atoms with Crippen LogP contribution in [0.2, 0.25) is 0 Å². The van der Waals surface area contributed by atoms with Gasteiger partial charge >= 0.3 is 0 Å². The van der Waals surface area contributed by atoms with Crippen LogP contribution in [0.5, 0.6) is 0 Å². The number of sulfonamides is 1. The fraction of sp³-hybridized carbons (Fsp3) is 0.636. The van der Waals surface area contributed by atoms with Crippen LogP contribution in [0.15, 0.2) is 20.1 Å². The SMILES string of the molecule is CC1CN(S(=O)(=O)c2ccc(Br)s2)C(C)(C)CO1. The molecular formula is C11H16BrNO3S2. The quantitative estimate of drug-likeness (QED) is 0.820. The molecule has 1 saturated heterocycles. The first-order valence-corrected chi connectivity index (χ1v) is 8.68. The lowest BCUT2D eigenvalue weighted by molar-refractivity contribution is -0.0550. The highest BCUT2D eigenvalue weighted by atomic mass is 79.9. The highest BCUT2D eigenvalue weighted by Crippen LogP contribution is 2.33. The topological polar surface area (TPSA) is 46.6 Å². The molecule has 0 bridgehead atoms. The molecule has 0 saturated carbocycles. The number of hydrogen-bond acceptors (Lipinski definition) is 4. The van der Waals surface area contributed by atoms with E-state index in [1.165, 1.54) is 11.3 Å². The first-order chi connectivity index (χ1) is 8.23. The van der Waals surface area contributed by atoms with Crippen molar-refractivity contribution >= 4 is 37.3 Å². The number of halogens is 1. The van der Waals surface area contributed by atoms with Gasteiger partial charge in [0, 0.05) is 6.54 Å². The maximum absolute atomic E-state index is 12.6. The molecule has 1 aromatic rings. The number of hydrogen-bond donors (Lipinski definition) is 0. The lowest BCUT2D eigenvalue weighted by atomic mass is 10.1. The molecule has 0 radical (unpaired) electrons. The Kier molecular flexibility index (Phi) is 3.91. The molecule has 1 aliphatic heterocycles. The molecule has 7 heteroatoms. The summed E-state index contributed by atoms with van der Waals surface area (Å²) in [6.07, 6.45) is -0.0730. The summed E-state index contributed by atoms with van der Waals surface area (Å²) in [6, 6.07) is 3.40. The molecule has 1 unspecified atom stereocenters. The molecule has 0 aliphatic carbocycles. The molecule has 0 spiro atoms. The average Bonchev–Trinajstić information content (AvgIpc) is 2.69. The Balaban J connectivity index is 2.39. The van der Waals surface area contributed by atoms with E-state index in [1.807, 2.05) is 20.8 Å². The second kappa shape index (κ2) is 4.86. The first kappa shape index (κ1) is 14.5. The lowest BCUT2D eigenvalue weighted by Gasteiger charge is -2.43. The van der Waals surface area contributed by atoms with Crippen LogP contribution in [0.1, 0.15) is 20.8 Å². The van der Waals surface area contributed by atoms with Crippen molar-refractivity contribution < 1.29 is 13.2 Å². The third kappa shape index (κ3) is 2.65. The maximum Gasteiger partial charge on any atom is 0.253 e. The van der Waals surface area contributed by atoms with Gasteiger partial charge in [-0.1, -0.05) is 0 Å². The molecule has 1 fully saturated rings. The minimum atomic E-state index is -3.44. The molecule has 1 aromatic heterocycles. The van der Waals surface area contributed by atoms with Crippen molar-refractivity contribution in [3.05, 3.63) is 15.9 Å².